The van der Waals surface area contributed by atoms with E-state index >= 15 is 0 Å². The number of rotatable bonds is 5. The van der Waals surface area contributed by atoms with Crippen molar-refractivity contribution in [2.24, 2.45) is 0 Å². The molecule has 2 rings (SSSR count). The molecule has 0 aromatic heterocycles. The molecule has 1 aliphatic heterocycles. The summed E-state index contributed by atoms with van der Waals surface area (Å²) < 4.78 is 11.2. The van der Waals surface area contributed by atoms with Gasteiger partial charge in [0.25, 0.3) is 0 Å². The van der Waals surface area contributed by atoms with Gasteiger partial charge in [-0.2, -0.15) is 0 Å². The van der Waals surface area contributed by atoms with Crippen molar-refractivity contribution >= 4 is 0 Å². The minimum absolute atomic E-state index is 0.00791. The molecule has 4 nitrogen and oxygen atoms in total. The van der Waals surface area contributed by atoms with E-state index in [4.69, 9.17) is 9.47 Å². The summed E-state index contributed by atoms with van der Waals surface area (Å²) in [5.74, 6) is -0.631. The van der Waals surface area contributed by atoms with Crippen molar-refractivity contribution in [1.82, 2.24) is 5.32 Å². The third-order valence-electron chi connectivity index (χ3n) is 3.96. The van der Waals surface area contributed by atoms with Crippen molar-refractivity contribution in [3.63, 3.8) is 0 Å². The Hall–Kier alpha value is -0.940. The Balaban J connectivity index is 2.07. The van der Waals surface area contributed by atoms with Crippen molar-refractivity contribution in [1.29, 1.82) is 0 Å². The summed E-state index contributed by atoms with van der Waals surface area (Å²) in [5.41, 5.74) is 0.927. The molecule has 0 unspecified atom stereocenters. The first-order valence-electron chi connectivity index (χ1n) is 6.78. The van der Waals surface area contributed by atoms with Crippen LogP contribution in [0, 0.1) is 0 Å². The van der Waals surface area contributed by atoms with Gasteiger partial charge in [0.15, 0.2) is 5.79 Å². The minimum Gasteiger partial charge on any atom is -0.388 e. The number of piperidine rings is 1. The van der Waals surface area contributed by atoms with Crippen molar-refractivity contribution in [2.45, 2.75) is 37.2 Å². The molecule has 0 spiro atoms. The van der Waals surface area contributed by atoms with E-state index in [-0.39, 0.29) is 6.04 Å². The van der Waals surface area contributed by atoms with Crippen LogP contribution in [0.15, 0.2) is 30.3 Å². The molecule has 0 amide bonds. The first-order chi connectivity index (χ1) is 9.22. The van der Waals surface area contributed by atoms with E-state index in [9.17, 15) is 5.11 Å². The predicted molar refractivity (Wildman–Crippen MR) is 73.8 cm³/mol. The normalized spacial score (nSPS) is 24.1. The Bertz CT molecular complexity index is 378. The molecular formula is C15H23NO3. The van der Waals surface area contributed by atoms with Gasteiger partial charge in [-0.25, -0.2) is 0 Å². The highest BCUT2D eigenvalue weighted by atomic mass is 16.7. The highest BCUT2D eigenvalue weighted by molar-refractivity contribution is 5.17. The van der Waals surface area contributed by atoms with Crippen molar-refractivity contribution in [2.75, 3.05) is 20.8 Å². The van der Waals surface area contributed by atoms with Crippen LogP contribution < -0.4 is 5.32 Å². The molecule has 0 aliphatic carbocycles. The maximum Gasteiger partial charge on any atom is 0.183 e. The number of aliphatic hydroxyl groups is 1. The average Bonchev–Trinajstić information content (AvgIpc) is 2.49. The number of methoxy groups -OCH3 is 2. The summed E-state index contributed by atoms with van der Waals surface area (Å²) in [7, 11) is 3.33. The van der Waals surface area contributed by atoms with Crippen LogP contribution in [0.3, 0.4) is 0 Å². The Labute approximate surface area is 114 Å². The fourth-order valence-electron chi connectivity index (χ4n) is 2.81. The molecule has 106 valence electrons. The number of nitrogens with one attached hydrogen (secondary N) is 1. The van der Waals surface area contributed by atoms with Crippen molar-refractivity contribution in [3.8, 4) is 0 Å². The maximum atomic E-state index is 10.3. The van der Waals surface area contributed by atoms with Crippen LogP contribution >= 0.6 is 0 Å². The van der Waals surface area contributed by atoms with Gasteiger partial charge >= 0.3 is 0 Å². The lowest BCUT2D eigenvalue weighted by atomic mass is 9.90. The summed E-state index contributed by atoms with van der Waals surface area (Å²) >= 11 is 0. The van der Waals surface area contributed by atoms with Gasteiger partial charge in [-0.05, 0) is 24.9 Å². The molecule has 0 radical (unpaired) electrons. The number of benzene rings is 1. The van der Waals surface area contributed by atoms with E-state index in [1.807, 2.05) is 30.3 Å². The lowest BCUT2D eigenvalue weighted by molar-refractivity contribution is -0.241. The second kappa shape index (κ2) is 6.48. The van der Waals surface area contributed by atoms with E-state index in [2.05, 4.69) is 5.32 Å². The Morgan fingerprint density at radius 2 is 2.00 bits per heavy atom. The molecule has 2 N–H and O–H groups in total. The van der Waals surface area contributed by atoms with E-state index in [0.29, 0.717) is 6.42 Å². The monoisotopic (exact) mass is 265 g/mol. The molecule has 1 aliphatic rings. The van der Waals surface area contributed by atoms with Gasteiger partial charge in [-0.15, -0.1) is 0 Å². The van der Waals surface area contributed by atoms with E-state index in [1.54, 1.807) is 14.2 Å². The van der Waals surface area contributed by atoms with E-state index < -0.39 is 11.9 Å². The first-order valence-corrected chi connectivity index (χ1v) is 6.78. The molecule has 1 saturated heterocycles. The number of hydrogen-bond donors (Lipinski definition) is 2. The van der Waals surface area contributed by atoms with Crippen LogP contribution in [-0.4, -0.2) is 37.7 Å². The fraction of sp³-hybridized carbons (Fsp3) is 0.600. The molecular weight excluding hydrogens is 242 g/mol. The highest BCUT2D eigenvalue weighted by Crippen LogP contribution is 2.32. The fourth-order valence-corrected chi connectivity index (χ4v) is 2.81. The smallest absolute Gasteiger partial charge is 0.183 e. The lowest BCUT2D eigenvalue weighted by Crippen LogP contribution is -2.57. The Morgan fingerprint density at radius 1 is 1.32 bits per heavy atom. The van der Waals surface area contributed by atoms with Gasteiger partial charge < -0.3 is 19.9 Å². The largest absolute Gasteiger partial charge is 0.388 e. The van der Waals surface area contributed by atoms with E-state index in [0.717, 1.165) is 24.9 Å². The van der Waals surface area contributed by atoms with E-state index in [1.165, 1.54) is 0 Å². The van der Waals surface area contributed by atoms with Crippen molar-refractivity contribution < 1.29 is 14.6 Å². The van der Waals surface area contributed by atoms with Gasteiger partial charge in [0.1, 0.15) is 0 Å². The SMILES string of the molecule is COC1(OC)CCCN[C@H]1C[C@H](O)c1ccccc1. The first kappa shape index (κ1) is 14.5. The maximum absolute atomic E-state index is 10.3. The highest BCUT2D eigenvalue weighted by Gasteiger charge is 2.42. The Morgan fingerprint density at radius 3 is 2.63 bits per heavy atom. The average molecular weight is 265 g/mol. The molecule has 4 heteroatoms. The molecule has 0 bridgehead atoms. The summed E-state index contributed by atoms with van der Waals surface area (Å²) in [5, 5.41) is 13.7. The van der Waals surface area contributed by atoms with Gasteiger partial charge in [0, 0.05) is 20.6 Å². The summed E-state index contributed by atoms with van der Waals surface area (Å²) in [6.45, 7) is 0.931. The van der Waals surface area contributed by atoms with Gasteiger partial charge in [0.05, 0.1) is 12.1 Å². The number of aliphatic hydroxyl groups excluding tert-OH is 1. The second-order valence-electron chi connectivity index (χ2n) is 4.99. The standard InChI is InChI=1S/C15H23NO3/c1-18-15(19-2)9-6-10-16-14(15)11-13(17)12-7-4-3-5-8-12/h3-5,7-8,13-14,16-17H,6,9-11H2,1-2H3/t13-,14-/m0/s1. The second-order valence-corrected chi connectivity index (χ2v) is 4.99. The Kier molecular flexibility index (Phi) is 4.93. The molecule has 1 aromatic carbocycles. The van der Waals surface area contributed by atoms with Crippen LogP contribution in [-0.2, 0) is 9.47 Å². The van der Waals surface area contributed by atoms with Crippen molar-refractivity contribution in [3.05, 3.63) is 35.9 Å². The van der Waals surface area contributed by atoms with Crippen LogP contribution in [0.1, 0.15) is 30.9 Å². The molecule has 2 atom stereocenters. The molecule has 19 heavy (non-hydrogen) atoms. The summed E-state index contributed by atoms with van der Waals surface area (Å²) in [4.78, 5) is 0. The van der Waals surface area contributed by atoms with Gasteiger partial charge in [-0.1, -0.05) is 30.3 Å². The third kappa shape index (κ3) is 3.15. The topological polar surface area (TPSA) is 50.7 Å². The quantitative estimate of drug-likeness (QED) is 0.798. The molecule has 1 aromatic rings. The zero-order valence-corrected chi connectivity index (χ0v) is 11.6. The molecule has 0 saturated carbocycles. The zero-order chi connectivity index (χ0) is 13.7. The molecule has 1 heterocycles. The molecule has 1 fully saturated rings. The summed E-state index contributed by atoms with van der Waals surface area (Å²) in [6.07, 6.45) is 1.92. The van der Waals surface area contributed by atoms with Gasteiger partial charge in [0.2, 0.25) is 0 Å². The minimum atomic E-state index is -0.631. The van der Waals surface area contributed by atoms with Crippen LogP contribution in [0.4, 0.5) is 0 Å². The van der Waals surface area contributed by atoms with Crippen LogP contribution in [0.25, 0.3) is 0 Å². The number of ether oxygens (including phenoxy) is 2. The van der Waals surface area contributed by atoms with Gasteiger partial charge in [-0.3, -0.25) is 0 Å². The zero-order valence-electron chi connectivity index (χ0n) is 11.6. The summed E-state index contributed by atoms with van der Waals surface area (Å²) in [6, 6.07) is 9.69. The lowest BCUT2D eigenvalue weighted by Gasteiger charge is -2.43. The predicted octanol–water partition coefficient (Wildman–Crippen LogP) is 1.85. The third-order valence-corrected chi connectivity index (χ3v) is 3.96. The van der Waals surface area contributed by atoms with Crippen LogP contribution in [0.2, 0.25) is 0 Å². The van der Waals surface area contributed by atoms with Crippen LogP contribution in [0.5, 0.6) is 0 Å². The number of hydrogen-bond acceptors (Lipinski definition) is 4.